The third-order valence-electron chi connectivity index (χ3n) is 4.34. The molecule has 0 aliphatic carbocycles. The zero-order chi connectivity index (χ0) is 22.6. The lowest BCUT2D eigenvalue weighted by Gasteiger charge is -2.16. The maximum absolute atomic E-state index is 14.4. The van der Waals surface area contributed by atoms with Gasteiger partial charge in [0.25, 0.3) is 0 Å². The van der Waals surface area contributed by atoms with E-state index in [4.69, 9.17) is 14.0 Å². The standard InChI is InChI=1S/C21H27F2NO5P/c1-11(2)16-10-15(9-14-7-8-17(22)19(23)18(14)16)29-30(26)21(27-6)24-13(5)20(25)28-12(3)4/h7-13,21,24H,1-6H3/q+1/t13-,21?/m0/s1. The summed E-state index contributed by atoms with van der Waals surface area (Å²) in [4.78, 5) is 12.0. The Hall–Kier alpha value is -2.15. The highest BCUT2D eigenvalue weighted by molar-refractivity contribution is 7.40. The molecule has 6 nitrogen and oxygen atoms in total. The van der Waals surface area contributed by atoms with Crippen molar-refractivity contribution in [3.8, 4) is 5.75 Å². The minimum Gasteiger partial charge on any atom is -0.462 e. The van der Waals surface area contributed by atoms with Crippen molar-refractivity contribution in [3.05, 3.63) is 41.5 Å². The number of nitrogens with one attached hydrogen (secondary N) is 1. The lowest BCUT2D eigenvalue weighted by Crippen LogP contribution is -2.42. The highest BCUT2D eigenvalue weighted by Crippen LogP contribution is 2.38. The molecule has 2 aromatic carbocycles. The molecule has 30 heavy (non-hydrogen) atoms. The molecule has 9 heteroatoms. The van der Waals surface area contributed by atoms with Crippen molar-refractivity contribution >= 4 is 24.8 Å². The Morgan fingerprint density at radius 1 is 1.10 bits per heavy atom. The van der Waals surface area contributed by atoms with Gasteiger partial charge in [0.05, 0.1) is 6.10 Å². The first-order valence-corrected chi connectivity index (χ1v) is 10.8. The molecule has 0 aliphatic rings. The number of halogens is 2. The van der Waals surface area contributed by atoms with E-state index in [1.807, 2.05) is 13.8 Å². The van der Waals surface area contributed by atoms with Gasteiger partial charge in [0.1, 0.15) is 6.04 Å². The van der Waals surface area contributed by atoms with Crippen LogP contribution in [0, 0.1) is 11.6 Å². The molecule has 0 amide bonds. The maximum atomic E-state index is 14.4. The van der Waals surface area contributed by atoms with Crippen molar-refractivity contribution in [1.29, 1.82) is 0 Å². The van der Waals surface area contributed by atoms with Crippen LogP contribution in [-0.4, -0.2) is 31.2 Å². The first kappa shape index (κ1) is 24.1. The Kier molecular flexibility index (Phi) is 8.24. The summed E-state index contributed by atoms with van der Waals surface area (Å²) in [6, 6.07) is 4.72. The van der Waals surface area contributed by atoms with E-state index in [0.717, 1.165) is 6.07 Å². The molecule has 0 saturated carbocycles. The van der Waals surface area contributed by atoms with Crippen molar-refractivity contribution in [2.45, 2.75) is 58.7 Å². The number of carbonyl (C=O) groups excluding carboxylic acids is 1. The molecule has 3 atom stereocenters. The van der Waals surface area contributed by atoms with Gasteiger partial charge in [0, 0.05) is 12.5 Å². The summed E-state index contributed by atoms with van der Waals surface area (Å²) >= 11 is 0. The second kappa shape index (κ2) is 10.2. The predicted molar refractivity (Wildman–Crippen MR) is 111 cm³/mol. The molecule has 2 unspecified atom stereocenters. The Morgan fingerprint density at radius 2 is 1.77 bits per heavy atom. The molecule has 0 aliphatic heterocycles. The van der Waals surface area contributed by atoms with Gasteiger partial charge in [-0.1, -0.05) is 19.9 Å². The number of hydrogen-bond acceptors (Lipinski definition) is 6. The molecule has 0 fully saturated rings. The summed E-state index contributed by atoms with van der Waals surface area (Å²) in [5.74, 6) is -3.37. The number of hydrogen-bond donors (Lipinski definition) is 1. The predicted octanol–water partition coefficient (Wildman–Crippen LogP) is 5.22. The van der Waals surface area contributed by atoms with Crippen molar-refractivity contribution in [2.24, 2.45) is 0 Å². The normalized spacial score (nSPS) is 14.1. The SMILES string of the molecule is COC(N[C@@H](C)C(=O)OC(C)C)[P+](=O)Oc1cc(C(C)C)c2c(F)c(F)ccc2c1. The lowest BCUT2D eigenvalue weighted by atomic mass is 9.95. The first-order chi connectivity index (χ1) is 14.0. The van der Waals surface area contributed by atoms with Crippen molar-refractivity contribution in [1.82, 2.24) is 5.32 Å². The van der Waals surface area contributed by atoms with E-state index >= 15 is 0 Å². The molecule has 0 heterocycles. The molecule has 2 rings (SSSR count). The van der Waals surface area contributed by atoms with Crippen molar-refractivity contribution < 1.29 is 32.1 Å². The van der Waals surface area contributed by atoms with Gasteiger partial charge >= 0.3 is 20.0 Å². The smallest absolute Gasteiger partial charge is 0.462 e. The molecule has 0 spiro atoms. The van der Waals surface area contributed by atoms with Crippen molar-refractivity contribution in [2.75, 3.05) is 7.11 Å². The second-order valence-corrected chi connectivity index (χ2v) is 8.69. The minimum absolute atomic E-state index is 0.132. The molecule has 0 bridgehead atoms. The molecule has 1 N–H and O–H groups in total. The van der Waals surface area contributed by atoms with Crippen LogP contribution >= 0.6 is 8.03 Å². The van der Waals surface area contributed by atoms with Gasteiger partial charge in [0.15, 0.2) is 17.4 Å². The summed E-state index contributed by atoms with van der Waals surface area (Å²) in [6.45, 7) is 8.69. The third kappa shape index (κ3) is 5.72. The Balaban J connectivity index is 2.26. The van der Waals surface area contributed by atoms with E-state index in [1.54, 1.807) is 20.8 Å². The second-order valence-electron chi connectivity index (χ2n) is 7.47. The van der Waals surface area contributed by atoms with Gasteiger partial charge in [-0.15, -0.1) is 0 Å². The molecule has 0 radical (unpaired) electrons. The van der Waals surface area contributed by atoms with E-state index in [2.05, 4.69) is 5.32 Å². The fourth-order valence-corrected chi connectivity index (χ4v) is 3.82. The van der Waals surface area contributed by atoms with E-state index in [9.17, 15) is 18.1 Å². The fourth-order valence-electron chi connectivity index (χ4n) is 2.89. The van der Waals surface area contributed by atoms with E-state index in [0.29, 0.717) is 10.9 Å². The van der Waals surface area contributed by atoms with E-state index in [-0.39, 0.29) is 23.2 Å². The number of esters is 1. The third-order valence-corrected chi connectivity index (χ3v) is 5.47. The van der Waals surface area contributed by atoms with Crippen LogP contribution in [0.25, 0.3) is 10.8 Å². The van der Waals surface area contributed by atoms with E-state index in [1.165, 1.54) is 25.3 Å². The summed E-state index contributed by atoms with van der Waals surface area (Å²) in [5.41, 5.74) is 0.527. The molecule has 0 saturated heterocycles. The highest BCUT2D eigenvalue weighted by atomic mass is 31.1. The van der Waals surface area contributed by atoms with Crippen LogP contribution in [0.3, 0.4) is 0 Å². The van der Waals surface area contributed by atoms with Gasteiger partial charge in [-0.2, -0.15) is 0 Å². The van der Waals surface area contributed by atoms with Gasteiger partial charge in [-0.05, 0) is 60.4 Å². The number of carbonyl (C=O) groups is 1. The highest BCUT2D eigenvalue weighted by Gasteiger charge is 2.37. The number of benzene rings is 2. The van der Waals surface area contributed by atoms with Gasteiger partial charge < -0.3 is 9.47 Å². The van der Waals surface area contributed by atoms with Crippen LogP contribution in [-0.2, 0) is 18.8 Å². The molecule has 2 aromatic rings. The van der Waals surface area contributed by atoms with Crippen LogP contribution in [0.15, 0.2) is 24.3 Å². The lowest BCUT2D eigenvalue weighted by molar-refractivity contribution is -0.150. The monoisotopic (exact) mass is 442 g/mol. The molecule has 164 valence electrons. The average molecular weight is 442 g/mol. The fraction of sp³-hybridized carbons (Fsp3) is 0.476. The van der Waals surface area contributed by atoms with Crippen LogP contribution < -0.4 is 9.84 Å². The Morgan fingerprint density at radius 3 is 2.33 bits per heavy atom. The Bertz CT molecular complexity index is 935. The van der Waals surface area contributed by atoms with Gasteiger partial charge in [0.2, 0.25) is 0 Å². The van der Waals surface area contributed by atoms with Crippen LogP contribution in [0.1, 0.15) is 46.1 Å². The van der Waals surface area contributed by atoms with Gasteiger partial charge in [-0.3, -0.25) is 9.32 Å². The average Bonchev–Trinajstić information content (AvgIpc) is 2.67. The van der Waals surface area contributed by atoms with E-state index < -0.39 is 37.6 Å². The van der Waals surface area contributed by atoms with Crippen LogP contribution in [0.4, 0.5) is 8.78 Å². The molecular weight excluding hydrogens is 415 g/mol. The number of methoxy groups -OCH3 is 1. The van der Waals surface area contributed by atoms with Crippen LogP contribution in [0.5, 0.6) is 5.75 Å². The number of rotatable bonds is 9. The van der Waals surface area contributed by atoms with Gasteiger partial charge in [-0.25, -0.2) is 14.1 Å². The Labute approximate surface area is 175 Å². The molecular formula is C21H27F2NO5P+. The number of fused-ring (bicyclic) bond motifs is 1. The summed E-state index contributed by atoms with van der Waals surface area (Å²) in [5, 5.41) is 3.36. The largest absolute Gasteiger partial charge is 0.606 e. The topological polar surface area (TPSA) is 73.9 Å². The zero-order valence-electron chi connectivity index (χ0n) is 17.9. The summed E-state index contributed by atoms with van der Waals surface area (Å²) in [6.07, 6.45) is -0.287. The number of ether oxygens (including phenoxy) is 2. The maximum Gasteiger partial charge on any atom is 0.606 e. The summed E-state index contributed by atoms with van der Waals surface area (Å²) < 4.78 is 56.6. The first-order valence-electron chi connectivity index (χ1n) is 9.60. The molecule has 0 aromatic heterocycles. The zero-order valence-corrected chi connectivity index (χ0v) is 18.8. The summed E-state index contributed by atoms with van der Waals surface area (Å²) in [7, 11) is -1.13. The van der Waals surface area contributed by atoms with Crippen LogP contribution in [0.2, 0.25) is 0 Å². The van der Waals surface area contributed by atoms with Crippen molar-refractivity contribution in [3.63, 3.8) is 0 Å². The quantitative estimate of drug-likeness (QED) is 0.326. The minimum atomic E-state index is -2.46.